The molecule has 1 aliphatic heterocycles. The molecule has 1 aromatic carbocycles. The minimum atomic E-state index is -0.126. The topological polar surface area (TPSA) is 90.2 Å². The van der Waals surface area contributed by atoms with Crippen molar-refractivity contribution >= 4 is 17.7 Å². The van der Waals surface area contributed by atoms with E-state index in [1.165, 1.54) is 6.33 Å². The monoisotopic (exact) mass is 225 g/mol. The Morgan fingerprint density at radius 2 is 2.00 bits per heavy atom. The van der Waals surface area contributed by atoms with Crippen molar-refractivity contribution in [2.75, 3.05) is 11.5 Å². The number of nitrogens with two attached hydrogens (primary N) is 2. The van der Waals surface area contributed by atoms with E-state index < -0.39 is 0 Å². The van der Waals surface area contributed by atoms with Gasteiger partial charge in [-0.3, -0.25) is 4.99 Å². The zero-order chi connectivity index (χ0) is 11.8. The zero-order valence-corrected chi connectivity index (χ0v) is 9.04. The van der Waals surface area contributed by atoms with Crippen molar-refractivity contribution in [1.29, 1.82) is 0 Å². The van der Waals surface area contributed by atoms with E-state index in [4.69, 9.17) is 11.5 Å². The van der Waals surface area contributed by atoms with Crippen molar-refractivity contribution in [3.63, 3.8) is 0 Å². The van der Waals surface area contributed by atoms with E-state index in [0.29, 0.717) is 11.5 Å². The van der Waals surface area contributed by atoms with Gasteiger partial charge in [0.05, 0.1) is 11.3 Å². The van der Waals surface area contributed by atoms with Crippen LogP contribution >= 0.6 is 0 Å². The molecule has 0 aliphatic carbocycles. The first kappa shape index (κ1) is 9.77. The van der Waals surface area contributed by atoms with Gasteiger partial charge in [-0.2, -0.15) is 0 Å². The third-order valence-electron chi connectivity index (χ3n) is 2.78. The number of fused-ring (bicyclic) bond motifs is 1. The van der Waals surface area contributed by atoms with E-state index in [0.717, 1.165) is 16.8 Å². The molecule has 17 heavy (non-hydrogen) atoms. The van der Waals surface area contributed by atoms with Crippen LogP contribution in [0, 0.1) is 0 Å². The number of nitrogen functional groups attached to an aromatic ring is 2. The summed E-state index contributed by atoms with van der Waals surface area (Å²) in [7, 11) is 0. The van der Waals surface area contributed by atoms with Gasteiger partial charge in [0.25, 0.3) is 0 Å². The number of hydrogen-bond acceptors (Lipinski definition) is 5. The summed E-state index contributed by atoms with van der Waals surface area (Å²) in [5.41, 5.74) is 14.9. The summed E-state index contributed by atoms with van der Waals surface area (Å²) in [5, 5.41) is 0. The molecule has 1 atom stereocenters. The summed E-state index contributed by atoms with van der Waals surface area (Å²) in [6.45, 7) is 0. The number of aromatic nitrogens is 2. The largest absolute Gasteiger partial charge is 0.399 e. The minimum Gasteiger partial charge on any atom is -0.399 e. The van der Waals surface area contributed by atoms with Crippen molar-refractivity contribution in [3.8, 4) is 0 Å². The highest BCUT2D eigenvalue weighted by Crippen LogP contribution is 2.32. The Morgan fingerprint density at radius 1 is 1.12 bits per heavy atom. The number of benzene rings is 1. The van der Waals surface area contributed by atoms with Gasteiger partial charge >= 0.3 is 0 Å². The van der Waals surface area contributed by atoms with Crippen LogP contribution in [0.15, 0.2) is 35.6 Å². The molecule has 4 N–H and O–H groups in total. The maximum atomic E-state index is 5.78. The van der Waals surface area contributed by atoms with E-state index in [1.54, 1.807) is 6.21 Å². The Hall–Kier alpha value is -2.43. The molecule has 0 spiro atoms. The van der Waals surface area contributed by atoms with Crippen LogP contribution in [0.1, 0.15) is 22.9 Å². The van der Waals surface area contributed by atoms with Gasteiger partial charge in [0.2, 0.25) is 0 Å². The molecule has 1 unspecified atom stereocenters. The van der Waals surface area contributed by atoms with Gasteiger partial charge in [-0.05, 0) is 17.7 Å². The fraction of sp³-hybridized carbons (Fsp3) is 0.0833. The molecule has 3 rings (SSSR count). The fourth-order valence-corrected chi connectivity index (χ4v) is 1.97. The van der Waals surface area contributed by atoms with Crippen LogP contribution in [0.5, 0.6) is 0 Å². The second kappa shape index (κ2) is 3.55. The van der Waals surface area contributed by atoms with E-state index >= 15 is 0 Å². The van der Waals surface area contributed by atoms with Crippen LogP contribution in [0.25, 0.3) is 0 Å². The highest BCUT2D eigenvalue weighted by atomic mass is 15.0. The number of aliphatic imine (C=N–C) groups is 1. The van der Waals surface area contributed by atoms with Crippen LogP contribution < -0.4 is 11.5 Å². The van der Waals surface area contributed by atoms with Gasteiger partial charge < -0.3 is 11.5 Å². The Balaban J connectivity index is 2.10. The summed E-state index contributed by atoms with van der Waals surface area (Å²) in [4.78, 5) is 12.6. The lowest BCUT2D eigenvalue weighted by Crippen LogP contribution is -2.04. The normalized spacial score (nSPS) is 17.1. The Bertz CT molecular complexity index is 606. The molecular weight excluding hydrogens is 214 g/mol. The third kappa shape index (κ3) is 1.52. The lowest BCUT2D eigenvalue weighted by atomic mass is 10.0. The van der Waals surface area contributed by atoms with Crippen molar-refractivity contribution in [3.05, 3.63) is 47.4 Å². The minimum absolute atomic E-state index is 0.126. The molecule has 1 aromatic heterocycles. The summed E-state index contributed by atoms with van der Waals surface area (Å²) in [6, 6.07) is 7.50. The molecule has 0 bridgehead atoms. The molecule has 0 fully saturated rings. The average Bonchev–Trinajstić information content (AvgIpc) is 2.74. The van der Waals surface area contributed by atoms with Crippen LogP contribution in [0.4, 0.5) is 11.5 Å². The van der Waals surface area contributed by atoms with E-state index in [2.05, 4.69) is 15.0 Å². The van der Waals surface area contributed by atoms with E-state index in [9.17, 15) is 0 Å². The SMILES string of the molecule is Nc1cccc(C2N=Cc3c(N)ncnc32)c1. The predicted molar refractivity (Wildman–Crippen MR) is 66.7 cm³/mol. The lowest BCUT2D eigenvalue weighted by molar-refractivity contribution is 0.848. The van der Waals surface area contributed by atoms with Crippen LogP contribution in [-0.4, -0.2) is 16.2 Å². The summed E-state index contributed by atoms with van der Waals surface area (Å²) < 4.78 is 0. The fourth-order valence-electron chi connectivity index (χ4n) is 1.97. The molecule has 0 saturated heterocycles. The molecule has 5 nitrogen and oxygen atoms in total. The second-order valence-electron chi connectivity index (χ2n) is 3.91. The van der Waals surface area contributed by atoms with Gasteiger partial charge in [0.1, 0.15) is 18.2 Å². The maximum Gasteiger partial charge on any atom is 0.136 e. The summed E-state index contributed by atoms with van der Waals surface area (Å²) in [6.07, 6.45) is 3.18. The Morgan fingerprint density at radius 3 is 2.82 bits per heavy atom. The van der Waals surface area contributed by atoms with Crippen molar-refractivity contribution in [2.24, 2.45) is 4.99 Å². The van der Waals surface area contributed by atoms with Crippen LogP contribution in [0.3, 0.4) is 0 Å². The van der Waals surface area contributed by atoms with E-state index in [1.807, 2.05) is 24.3 Å². The van der Waals surface area contributed by atoms with Crippen LogP contribution in [-0.2, 0) is 0 Å². The second-order valence-corrected chi connectivity index (χ2v) is 3.91. The molecular formula is C12H11N5. The Kier molecular flexibility index (Phi) is 2.04. The molecule has 84 valence electrons. The van der Waals surface area contributed by atoms with Gasteiger partial charge in [0, 0.05) is 11.9 Å². The average molecular weight is 225 g/mol. The van der Waals surface area contributed by atoms with Gasteiger partial charge in [0.15, 0.2) is 0 Å². The number of anilines is 2. The smallest absolute Gasteiger partial charge is 0.136 e. The molecule has 0 amide bonds. The van der Waals surface area contributed by atoms with Crippen molar-refractivity contribution in [2.45, 2.75) is 6.04 Å². The maximum absolute atomic E-state index is 5.78. The highest BCUT2D eigenvalue weighted by molar-refractivity contribution is 5.90. The van der Waals surface area contributed by atoms with Gasteiger partial charge in [-0.1, -0.05) is 12.1 Å². The summed E-state index contributed by atoms with van der Waals surface area (Å²) in [5.74, 6) is 0.463. The van der Waals surface area contributed by atoms with Crippen molar-refractivity contribution in [1.82, 2.24) is 9.97 Å². The molecule has 2 aromatic rings. The molecule has 2 heterocycles. The van der Waals surface area contributed by atoms with Gasteiger partial charge in [-0.15, -0.1) is 0 Å². The third-order valence-corrected chi connectivity index (χ3v) is 2.78. The summed E-state index contributed by atoms with van der Waals surface area (Å²) >= 11 is 0. The first-order valence-corrected chi connectivity index (χ1v) is 5.24. The predicted octanol–water partition coefficient (Wildman–Crippen LogP) is 1.16. The first-order valence-electron chi connectivity index (χ1n) is 5.24. The molecule has 5 heteroatoms. The van der Waals surface area contributed by atoms with Gasteiger partial charge in [-0.25, -0.2) is 9.97 Å². The quantitative estimate of drug-likeness (QED) is 0.712. The highest BCUT2D eigenvalue weighted by Gasteiger charge is 2.24. The number of rotatable bonds is 1. The zero-order valence-electron chi connectivity index (χ0n) is 9.04. The standard InChI is InChI=1S/C12H11N5/c13-8-3-1-2-7(4-8)10-11-9(5-15-10)12(14)17-6-16-11/h1-6,10H,13H2,(H2,14,16,17). The molecule has 0 radical (unpaired) electrons. The molecule has 0 saturated carbocycles. The molecule has 1 aliphatic rings. The number of hydrogen-bond donors (Lipinski definition) is 2. The first-order chi connectivity index (χ1) is 8.25. The van der Waals surface area contributed by atoms with Crippen molar-refractivity contribution < 1.29 is 0 Å². The van der Waals surface area contributed by atoms with E-state index in [-0.39, 0.29) is 6.04 Å². The number of nitrogens with zero attached hydrogens (tertiary/aromatic N) is 3. The lowest BCUT2D eigenvalue weighted by Gasteiger charge is -2.09. The van der Waals surface area contributed by atoms with Crippen LogP contribution in [0.2, 0.25) is 0 Å². The Labute approximate surface area is 98.2 Å².